The molecule has 0 saturated carbocycles. The molecule has 3 rings (SSSR count). The minimum atomic E-state index is 0.516. The minimum Gasteiger partial charge on any atom is -0.311 e. The monoisotopic (exact) mass is 412 g/mol. The lowest BCUT2D eigenvalue weighted by Gasteiger charge is -2.09. The Kier molecular flexibility index (Phi) is 6.35. The lowest BCUT2D eigenvalue weighted by atomic mass is 10.1. The van der Waals surface area contributed by atoms with Crippen LogP contribution in [0, 0.1) is 9.81 Å². The number of nitrogens with zero attached hydrogens (tertiary/aromatic N) is 6. The molecule has 0 atom stereocenters. The van der Waals surface area contributed by atoms with Crippen molar-refractivity contribution in [2.45, 2.75) is 13.1 Å². The van der Waals surface area contributed by atoms with E-state index in [2.05, 4.69) is 33.9 Å². The summed E-state index contributed by atoms with van der Waals surface area (Å²) >= 11 is 2.69. The Morgan fingerprint density at radius 3 is 1.50 bits per heavy atom. The molecule has 2 heterocycles. The number of thiazole rings is 2. The van der Waals surface area contributed by atoms with Crippen LogP contribution in [0.4, 0.5) is 0 Å². The molecule has 142 valence electrons. The predicted octanol–water partition coefficient (Wildman–Crippen LogP) is 4.28. The van der Waals surface area contributed by atoms with E-state index in [0.717, 1.165) is 22.5 Å². The van der Waals surface area contributed by atoms with E-state index in [9.17, 15) is 9.81 Å². The summed E-state index contributed by atoms with van der Waals surface area (Å²) in [4.78, 5) is 22.1. The maximum absolute atomic E-state index is 10.5. The van der Waals surface area contributed by atoms with Crippen molar-refractivity contribution in [2.75, 3.05) is 0 Å². The summed E-state index contributed by atoms with van der Waals surface area (Å²) in [6.07, 6.45) is 3.48. The van der Waals surface area contributed by atoms with Crippen LogP contribution in [0.25, 0.3) is 22.5 Å². The lowest BCUT2D eigenvalue weighted by Crippen LogP contribution is -2.15. The summed E-state index contributed by atoms with van der Waals surface area (Å²) in [7, 11) is 0. The van der Waals surface area contributed by atoms with Crippen LogP contribution >= 0.6 is 22.7 Å². The Labute approximate surface area is 168 Å². The summed E-state index contributed by atoms with van der Waals surface area (Å²) in [5, 5.41) is 16.4. The Morgan fingerprint density at radius 1 is 0.786 bits per heavy atom. The van der Waals surface area contributed by atoms with Crippen molar-refractivity contribution in [2.24, 2.45) is 20.8 Å². The van der Waals surface area contributed by atoms with Gasteiger partial charge in [-0.05, 0) is 11.1 Å². The zero-order valence-electron chi connectivity index (χ0n) is 14.8. The first-order valence-electron chi connectivity index (χ1n) is 8.15. The third kappa shape index (κ3) is 3.87. The van der Waals surface area contributed by atoms with Crippen molar-refractivity contribution in [3.05, 3.63) is 79.8 Å². The minimum absolute atomic E-state index is 0.516. The van der Waals surface area contributed by atoms with Gasteiger partial charge in [0.2, 0.25) is 9.60 Å². The van der Waals surface area contributed by atoms with Gasteiger partial charge in [-0.3, -0.25) is 0 Å². The van der Waals surface area contributed by atoms with Gasteiger partial charge >= 0.3 is 0 Å². The third-order valence-corrected chi connectivity index (χ3v) is 5.66. The topological polar surface area (TPSA) is 93.4 Å². The number of hydrogen-bond acceptors (Lipinski definition) is 6. The highest BCUT2D eigenvalue weighted by Gasteiger charge is 2.10. The van der Waals surface area contributed by atoms with Crippen molar-refractivity contribution in [3.8, 4) is 22.5 Å². The molecule has 10 heteroatoms. The normalized spacial score (nSPS) is 12.1. The zero-order chi connectivity index (χ0) is 19.9. The second-order valence-electron chi connectivity index (χ2n) is 5.55. The molecule has 0 bridgehead atoms. The number of rotatable bonds is 8. The fourth-order valence-corrected chi connectivity index (χ4v) is 4.50. The highest BCUT2D eigenvalue weighted by molar-refractivity contribution is 7.07. The summed E-state index contributed by atoms with van der Waals surface area (Å²) in [5.74, 6) is 0. The second-order valence-corrected chi connectivity index (χ2v) is 7.22. The van der Waals surface area contributed by atoms with E-state index in [0.29, 0.717) is 22.7 Å². The molecule has 0 radical (unpaired) electrons. The van der Waals surface area contributed by atoms with Crippen molar-refractivity contribution in [1.29, 1.82) is 0 Å². The van der Waals surface area contributed by atoms with Crippen molar-refractivity contribution in [1.82, 2.24) is 9.13 Å². The molecule has 0 aliphatic heterocycles. The van der Waals surface area contributed by atoms with Crippen LogP contribution in [0.15, 0.2) is 81.1 Å². The largest absolute Gasteiger partial charge is 0.311 e. The molecule has 1 aromatic carbocycles. The van der Waals surface area contributed by atoms with Gasteiger partial charge in [0.25, 0.3) is 0 Å². The molecular formula is C18H16N6O2S2. The fraction of sp³-hybridized carbons (Fsp3) is 0.111. The van der Waals surface area contributed by atoms with E-state index in [-0.39, 0.29) is 0 Å². The van der Waals surface area contributed by atoms with Crippen LogP contribution in [0.3, 0.4) is 0 Å². The second kappa shape index (κ2) is 9.11. The molecule has 3 aromatic rings. The van der Waals surface area contributed by atoms with Crippen molar-refractivity contribution >= 4 is 22.7 Å². The molecule has 0 saturated heterocycles. The number of aromatic nitrogens is 2. The van der Waals surface area contributed by atoms with Crippen LogP contribution in [0.1, 0.15) is 0 Å². The highest BCUT2D eigenvalue weighted by Crippen LogP contribution is 2.26. The average Bonchev–Trinajstić information content (AvgIpc) is 3.28. The predicted molar refractivity (Wildman–Crippen MR) is 112 cm³/mol. The van der Waals surface area contributed by atoms with Gasteiger partial charge in [-0.15, -0.1) is 45.6 Å². The summed E-state index contributed by atoms with van der Waals surface area (Å²) in [5.41, 5.74) is 3.78. The van der Waals surface area contributed by atoms with Crippen LogP contribution in [-0.4, -0.2) is 9.13 Å². The van der Waals surface area contributed by atoms with Crippen LogP contribution < -0.4 is 9.60 Å². The standard InChI is InChI=1S/C18H16N6O2S2/c1-3-9-23-15(11-27-17(23)19-21-25)13-5-7-14(8-6-13)16-12-28-18(20-22-26)24(16)10-4-2/h3-8,11-12H,1-2,9-10H2/b19-17+,20-18+. The molecule has 0 N–H and O–H groups in total. The summed E-state index contributed by atoms with van der Waals surface area (Å²) < 4.78 is 3.76. The fourth-order valence-electron chi connectivity index (χ4n) is 2.77. The highest BCUT2D eigenvalue weighted by atomic mass is 32.1. The van der Waals surface area contributed by atoms with Gasteiger partial charge in [0.1, 0.15) is 0 Å². The first-order valence-corrected chi connectivity index (χ1v) is 9.91. The van der Waals surface area contributed by atoms with Crippen molar-refractivity contribution in [3.63, 3.8) is 0 Å². The number of allylic oxidation sites excluding steroid dienone is 2. The number of nitroso groups, excluding NO2 is 2. The van der Waals surface area contributed by atoms with E-state index in [1.165, 1.54) is 22.7 Å². The van der Waals surface area contributed by atoms with E-state index in [1.54, 1.807) is 12.2 Å². The van der Waals surface area contributed by atoms with E-state index < -0.39 is 0 Å². The molecule has 0 aliphatic rings. The summed E-state index contributed by atoms with van der Waals surface area (Å²) in [6, 6.07) is 7.94. The van der Waals surface area contributed by atoms with Crippen molar-refractivity contribution < 1.29 is 0 Å². The molecule has 0 fully saturated rings. The molecule has 0 amide bonds. The maximum Gasteiger partial charge on any atom is 0.214 e. The molecular weight excluding hydrogens is 396 g/mol. The molecule has 8 nitrogen and oxygen atoms in total. The van der Waals surface area contributed by atoms with Gasteiger partial charge in [0, 0.05) is 23.8 Å². The lowest BCUT2D eigenvalue weighted by molar-refractivity contribution is 0.786. The zero-order valence-corrected chi connectivity index (χ0v) is 16.4. The smallest absolute Gasteiger partial charge is 0.214 e. The third-order valence-electron chi connectivity index (χ3n) is 3.95. The molecule has 0 unspecified atom stereocenters. The van der Waals surface area contributed by atoms with Gasteiger partial charge in [-0.2, -0.15) is 0 Å². The molecule has 0 aliphatic carbocycles. The van der Waals surface area contributed by atoms with Gasteiger partial charge < -0.3 is 9.13 Å². The van der Waals surface area contributed by atoms with Crippen LogP contribution in [0.5, 0.6) is 0 Å². The van der Waals surface area contributed by atoms with Crippen LogP contribution in [0.2, 0.25) is 0 Å². The van der Waals surface area contributed by atoms with E-state index >= 15 is 0 Å². The Balaban J connectivity index is 2.04. The molecule has 28 heavy (non-hydrogen) atoms. The number of hydrogen-bond donors (Lipinski definition) is 0. The Morgan fingerprint density at radius 2 is 1.18 bits per heavy atom. The van der Waals surface area contributed by atoms with Gasteiger partial charge in [-0.25, -0.2) is 0 Å². The molecule has 2 aromatic heterocycles. The Hall–Kier alpha value is -3.24. The average molecular weight is 413 g/mol. The first kappa shape index (κ1) is 19.5. The SMILES string of the molecule is C=CCn1c(-c2ccc(-c3cs/c(=N/N=O)n3CC=C)cc2)cs/c1=N/N=O. The van der Waals surface area contributed by atoms with Gasteiger partial charge in [-0.1, -0.05) is 46.6 Å². The quantitative estimate of drug-likeness (QED) is 0.314. The summed E-state index contributed by atoms with van der Waals surface area (Å²) in [6.45, 7) is 8.54. The van der Waals surface area contributed by atoms with Crippen LogP contribution in [-0.2, 0) is 13.1 Å². The number of benzene rings is 1. The Bertz CT molecular complexity index is 1060. The maximum atomic E-state index is 10.5. The molecule has 0 spiro atoms. The van der Waals surface area contributed by atoms with E-state index in [4.69, 9.17) is 0 Å². The first-order chi connectivity index (χ1) is 13.7. The van der Waals surface area contributed by atoms with Gasteiger partial charge in [0.15, 0.2) is 0 Å². The van der Waals surface area contributed by atoms with E-state index in [1.807, 2.05) is 44.2 Å². The van der Waals surface area contributed by atoms with Gasteiger partial charge in [0.05, 0.1) is 22.0 Å².